The predicted molar refractivity (Wildman–Crippen MR) is 79.7 cm³/mol. The smallest absolute Gasteiger partial charge is 0.246 e. The Morgan fingerprint density at radius 3 is 2.76 bits per heavy atom. The summed E-state index contributed by atoms with van der Waals surface area (Å²) in [5, 5.41) is 2.36. The minimum Gasteiger partial charge on any atom is -0.494 e. The zero-order valence-electron chi connectivity index (χ0n) is 12.6. The van der Waals surface area contributed by atoms with E-state index >= 15 is 0 Å². The van der Waals surface area contributed by atoms with E-state index in [-0.39, 0.29) is 18.4 Å². The maximum Gasteiger partial charge on any atom is 0.246 e. The summed E-state index contributed by atoms with van der Waals surface area (Å²) in [6, 6.07) is 5.40. The van der Waals surface area contributed by atoms with Crippen LogP contribution in [0, 0.1) is 0 Å². The third-order valence-corrected chi connectivity index (χ3v) is 3.68. The zero-order valence-corrected chi connectivity index (χ0v) is 12.6. The molecular formula is C15H21N3O3. The molecule has 1 aromatic rings. The van der Waals surface area contributed by atoms with Crippen molar-refractivity contribution in [2.75, 3.05) is 18.9 Å². The van der Waals surface area contributed by atoms with Crippen molar-refractivity contribution in [2.45, 2.75) is 32.9 Å². The molecule has 2 amide bonds. The summed E-state index contributed by atoms with van der Waals surface area (Å²) in [6.45, 7) is 6.62. The van der Waals surface area contributed by atoms with Crippen molar-refractivity contribution in [1.82, 2.24) is 10.2 Å². The van der Waals surface area contributed by atoms with Crippen LogP contribution in [0.3, 0.4) is 0 Å². The molecule has 6 nitrogen and oxygen atoms in total. The Bertz CT molecular complexity index is 569. The zero-order chi connectivity index (χ0) is 15.6. The lowest BCUT2D eigenvalue weighted by Crippen LogP contribution is -2.63. The highest BCUT2D eigenvalue weighted by Crippen LogP contribution is 2.27. The van der Waals surface area contributed by atoms with Gasteiger partial charge in [-0.25, -0.2) is 0 Å². The first-order chi connectivity index (χ1) is 9.84. The van der Waals surface area contributed by atoms with E-state index in [9.17, 15) is 9.59 Å². The number of carbonyl (C=O) groups is 2. The molecule has 0 bridgehead atoms. The molecule has 1 saturated heterocycles. The Morgan fingerprint density at radius 2 is 2.10 bits per heavy atom. The van der Waals surface area contributed by atoms with Gasteiger partial charge in [-0.15, -0.1) is 0 Å². The van der Waals surface area contributed by atoms with Gasteiger partial charge in [0.1, 0.15) is 5.75 Å². The molecule has 0 radical (unpaired) electrons. The Morgan fingerprint density at radius 1 is 1.38 bits per heavy atom. The normalized spacial score (nSPS) is 18.4. The molecular weight excluding hydrogens is 270 g/mol. The average molecular weight is 291 g/mol. The number of nitrogens with one attached hydrogen (secondary N) is 1. The lowest BCUT2D eigenvalue weighted by atomic mass is 9.97. The second-order valence-corrected chi connectivity index (χ2v) is 5.59. The van der Waals surface area contributed by atoms with Gasteiger partial charge in [0.2, 0.25) is 11.8 Å². The van der Waals surface area contributed by atoms with Gasteiger partial charge >= 0.3 is 0 Å². The van der Waals surface area contributed by atoms with Crippen LogP contribution in [-0.2, 0) is 16.1 Å². The highest BCUT2D eigenvalue weighted by molar-refractivity contribution is 6.02. The summed E-state index contributed by atoms with van der Waals surface area (Å²) < 4.78 is 5.59. The molecule has 1 aliphatic heterocycles. The summed E-state index contributed by atoms with van der Waals surface area (Å²) in [5.74, 6) is 0.141. The van der Waals surface area contributed by atoms with Crippen molar-refractivity contribution in [2.24, 2.45) is 0 Å². The Labute approximate surface area is 124 Å². The number of hydrogen-bond donors (Lipinski definition) is 2. The monoisotopic (exact) mass is 291 g/mol. The maximum absolute atomic E-state index is 12.0. The molecule has 1 aliphatic rings. The van der Waals surface area contributed by atoms with Crippen LogP contribution in [-0.4, -0.2) is 35.4 Å². The lowest BCUT2D eigenvalue weighted by Gasteiger charge is -2.40. The van der Waals surface area contributed by atoms with Crippen LogP contribution in [0.1, 0.15) is 26.3 Å². The number of nitrogens with zero attached hydrogens (tertiary/aromatic N) is 1. The highest BCUT2D eigenvalue weighted by Gasteiger charge is 2.40. The summed E-state index contributed by atoms with van der Waals surface area (Å²) >= 11 is 0. The van der Waals surface area contributed by atoms with E-state index < -0.39 is 5.54 Å². The van der Waals surface area contributed by atoms with Gasteiger partial charge < -0.3 is 10.5 Å². The first-order valence-electron chi connectivity index (χ1n) is 6.95. The fourth-order valence-corrected chi connectivity index (χ4v) is 2.31. The van der Waals surface area contributed by atoms with Crippen LogP contribution in [0.2, 0.25) is 0 Å². The Balaban J connectivity index is 2.29. The van der Waals surface area contributed by atoms with E-state index in [0.29, 0.717) is 18.8 Å². The number of imide groups is 1. The van der Waals surface area contributed by atoms with E-state index in [4.69, 9.17) is 10.5 Å². The molecule has 3 N–H and O–H groups in total. The first kappa shape index (κ1) is 15.3. The summed E-state index contributed by atoms with van der Waals surface area (Å²) in [6.07, 6.45) is 0. The van der Waals surface area contributed by atoms with Crippen molar-refractivity contribution in [3.05, 3.63) is 23.8 Å². The third-order valence-electron chi connectivity index (χ3n) is 3.68. The van der Waals surface area contributed by atoms with Gasteiger partial charge in [-0.05, 0) is 39.0 Å². The number of ether oxygens (including phenoxy) is 1. The van der Waals surface area contributed by atoms with Crippen molar-refractivity contribution in [3.8, 4) is 5.75 Å². The highest BCUT2D eigenvalue weighted by atomic mass is 16.5. The number of nitrogen functional groups attached to an aromatic ring is 1. The summed E-state index contributed by atoms with van der Waals surface area (Å²) in [4.78, 5) is 25.4. The van der Waals surface area contributed by atoms with Crippen LogP contribution in [0.4, 0.5) is 5.69 Å². The Hall–Kier alpha value is -2.08. The standard InChI is InChI=1S/C15H21N3O3/c1-4-21-12-6-5-11(16)7-10(12)8-18-9-13(19)17-14(20)15(18,2)3/h5-7H,4,8-9,16H2,1-3H3,(H,17,19,20). The Kier molecular flexibility index (Phi) is 4.18. The second kappa shape index (κ2) is 5.73. The van der Waals surface area contributed by atoms with Gasteiger partial charge in [0.25, 0.3) is 0 Å². The predicted octanol–water partition coefficient (Wildman–Crippen LogP) is 0.905. The number of piperazine rings is 1. The molecule has 1 fully saturated rings. The van der Waals surface area contributed by atoms with E-state index in [1.165, 1.54) is 0 Å². The van der Waals surface area contributed by atoms with Gasteiger partial charge in [-0.1, -0.05) is 0 Å². The summed E-state index contributed by atoms with van der Waals surface area (Å²) in [7, 11) is 0. The number of benzene rings is 1. The fraction of sp³-hybridized carbons (Fsp3) is 0.467. The molecule has 1 heterocycles. The van der Waals surface area contributed by atoms with E-state index in [1.54, 1.807) is 19.9 Å². The molecule has 21 heavy (non-hydrogen) atoms. The van der Waals surface area contributed by atoms with Crippen LogP contribution in [0.25, 0.3) is 0 Å². The molecule has 0 spiro atoms. The van der Waals surface area contributed by atoms with Crippen molar-refractivity contribution in [1.29, 1.82) is 0 Å². The van der Waals surface area contributed by atoms with Crippen molar-refractivity contribution < 1.29 is 14.3 Å². The molecule has 0 aromatic heterocycles. The first-order valence-corrected chi connectivity index (χ1v) is 6.95. The van der Waals surface area contributed by atoms with E-state index in [0.717, 1.165) is 11.3 Å². The van der Waals surface area contributed by atoms with Crippen LogP contribution < -0.4 is 15.8 Å². The minimum atomic E-state index is -0.762. The number of carbonyl (C=O) groups excluding carboxylic acids is 2. The third kappa shape index (κ3) is 3.16. The fourth-order valence-electron chi connectivity index (χ4n) is 2.31. The molecule has 2 rings (SSSR count). The SMILES string of the molecule is CCOc1ccc(N)cc1CN1CC(=O)NC(=O)C1(C)C. The van der Waals surface area contributed by atoms with Crippen LogP contribution in [0.15, 0.2) is 18.2 Å². The lowest BCUT2D eigenvalue weighted by molar-refractivity contribution is -0.145. The number of rotatable bonds is 4. The molecule has 6 heteroatoms. The van der Waals surface area contributed by atoms with Crippen LogP contribution in [0.5, 0.6) is 5.75 Å². The molecule has 0 atom stereocenters. The number of anilines is 1. The average Bonchev–Trinajstić information content (AvgIpc) is 2.39. The molecule has 0 unspecified atom stereocenters. The second-order valence-electron chi connectivity index (χ2n) is 5.59. The maximum atomic E-state index is 12.0. The van der Waals surface area contributed by atoms with Gasteiger partial charge in [0, 0.05) is 17.8 Å². The topological polar surface area (TPSA) is 84.7 Å². The van der Waals surface area contributed by atoms with E-state index in [1.807, 2.05) is 24.0 Å². The quantitative estimate of drug-likeness (QED) is 0.636. The van der Waals surface area contributed by atoms with Gasteiger partial charge in [-0.3, -0.25) is 19.8 Å². The number of hydrogen-bond acceptors (Lipinski definition) is 5. The molecule has 114 valence electrons. The molecule has 0 saturated carbocycles. The van der Waals surface area contributed by atoms with Crippen molar-refractivity contribution >= 4 is 17.5 Å². The van der Waals surface area contributed by atoms with Crippen LogP contribution >= 0.6 is 0 Å². The number of amides is 2. The van der Waals surface area contributed by atoms with Gasteiger partial charge in [0.05, 0.1) is 18.7 Å². The summed E-state index contributed by atoms with van der Waals surface area (Å²) in [5.41, 5.74) is 6.56. The largest absolute Gasteiger partial charge is 0.494 e. The number of nitrogens with two attached hydrogens (primary N) is 1. The van der Waals surface area contributed by atoms with Gasteiger partial charge in [0.15, 0.2) is 0 Å². The molecule has 1 aromatic carbocycles. The van der Waals surface area contributed by atoms with Gasteiger partial charge in [-0.2, -0.15) is 0 Å². The van der Waals surface area contributed by atoms with E-state index in [2.05, 4.69) is 5.32 Å². The minimum absolute atomic E-state index is 0.166. The van der Waals surface area contributed by atoms with Crippen molar-refractivity contribution in [3.63, 3.8) is 0 Å². The molecule has 0 aliphatic carbocycles.